The van der Waals surface area contributed by atoms with E-state index in [0.717, 1.165) is 0 Å². The van der Waals surface area contributed by atoms with Gasteiger partial charge in [0.2, 0.25) is 5.88 Å². The van der Waals surface area contributed by atoms with Crippen molar-refractivity contribution in [1.29, 1.82) is 10.5 Å². The molecule has 0 aliphatic carbocycles. The van der Waals surface area contributed by atoms with Crippen LogP contribution in [0.5, 0.6) is 5.88 Å². The van der Waals surface area contributed by atoms with Gasteiger partial charge in [0.15, 0.2) is 0 Å². The molecule has 0 saturated carbocycles. The Labute approximate surface area is 144 Å². The number of nitrogens with one attached hydrogen (secondary N) is 2. The van der Waals surface area contributed by atoms with E-state index in [1.165, 1.54) is 50.0 Å². The lowest BCUT2D eigenvalue weighted by Gasteiger charge is -2.08. The maximum Gasteiger partial charge on any atom is 0.263 e. The number of hydrogen-bond acceptors (Lipinski definition) is 8. The molecule has 0 amide bonds. The molecular weight excluding hydrogens is 344 g/mol. The van der Waals surface area contributed by atoms with Crippen LogP contribution in [0, 0.1) is 22.7 Å². The summed E-state index contributed by atoms with van der Waals surface area (Å²) < 4.78 is 31.9. The van der Waals surface area contributed by atoms with E-state index in [2.05, 4.69) is 20.0 Å². The number of benzene rings is 1. The average Bonchev–Trinajstić information content (AvgIpc) is 2.63. The standard InChI is InChI=1S/C15H12N6O3S/c1-24-15-6-14(19-10-20-15)21-25(22,23)13-4-2-12(3-5-13)18-9-11(7-16)8-17/h2-6,9-10,18H,1H3,(H,19,20,21). The monoisotopic (exact) mass is 356 g/mol. The Morgan fingerprint density at radius 3 is 2.48 bits per heavy atom. The highest BCUT2D eigenvalue weighted by atomic mass is 32.2. The number of methoxy groups -OCH3 is 1. The van der Waals surface area contributed by atoms with Gasteiger partial charge in [-0.3, -0.25) is 4.72 Å². The molecule has 10 heteroatoms. The zero-order valence-corrected chi connectivity index (χ0v) is 13.8. The van der Waals surface area contributed by atoms with Crippen LogP contribution in [0.3, 0.4) is 0 Å². The third-order valence-corrected chi connectivity index (χ3v) is 4.25. The number of ether oxygens (including phenoxy) is 1. The molecule has 0 spiro atoms. The van der Waals surface area contributed by atoms with Crippen molar-refractivity contribution in [3.8, 4) is 18.0 Å². The molecule has 1 aromatic heterocycles. The molecule has 0 unspecified atom stereocenters. The summed E-state index contributed by atoms with van der Waals surface area (Å²) in [6, 6.07) is 10.5. The molecule has 25 heavy (non-hydrogen) atoms. The zero-order chi connectivity index (χ0) is 18.3. The summed E-state index contributed by atoms with van der Waals surface area (Å²) in [6.45, 7) is 0. The molecule has 0 saturated heterocycles. The minimum Gasteiger partial charge on any atom is -0.481 e. The largest absolute Gasteiger partial charge is 0.481 e. The second-order valence-electron chi connectivity index (χ2n) is 4.50. The Morgan fingerprint density at radius 1 is 1.20 bits per heavy atom. The van der Waals surface area contributed by atoms with Crippen LogP contribution in [0.25, 0.3) is 0 Å². The van der Waals surface area contributed by atoms with Crippen LogP contribution in [0.4, 0.5) is 11.5 Å². The molecule has 0 bridgehead atoms. The zero-order valence-electron chi connectivity index (χ0n) is 13.0. The molecule has 126 valence electrons. The minimum absolute atomic E-state index is 0.0143. The predicted molar refractivity (Wildman–Crippen MR) is 88.8 cm³/mol. The number of anilines is 2. The Balaban J connectivity index is 2.16. The first-order chi connectivity index (χ1) is 12.0. The first-order valence-corrected chi connectivity index (χ1v) is 8.22. The van der Waals surface area contributed by atoms with Crippen LogP contribution < -0.4 is 14.8 Å². The Bertz CT molecular complexity index is 956. The van der Waals surface area contributed by atoms with Crippen molar-refractivity contribution in [1.82, 2.24) is 9.97 Å². The number of aromatic nitrogens is 2. The molecule has 9 nitrogen and oxygen atoms in total. The average molecular weight is 356 g/mol. The van der Waals surface area contributed by atoms with Gasteiger partial charge >= 0.3 is 0 Å². The molecule has 0 atom stereocenters. The number of nitriles is 2. The second kappa shape index (κ2) is 7.77. The van der Waals surface area contributed by atoms with Crippen molar-refractivity contribution >= 4 is 21.5 Å². The van der Waals surface area contributed by atoms with Gasteiger partial charge in [-0.25, -0.2) is 18.4 Å². The first-order valence-electron chi connectivity index (χ1n) is 6.74. The lowest BCUT2D eigenvalue weighted by molar-refractivity contribution is 0.397. The fourth-order valence-corrected chi connectivity index (χ4v) is 2.68. The maximum atomic E-state index is 12.3. The predicted octanol–water partition coefficient (Wildman–Crippen LogP) is 1.63. The summed E-state index contributed by atoms with van der Waals surface area (Å²) in [6.07, 6.45) is 2.41. The van der Waals surface area contributed by atoms with Gasteiger partial charge in [0.05, 0.1) is 12.0 Å². The SMILES string of the molecule is COc1cc(NS(=O)(=O)c2ccc(NC=C(C#N)C#N)cc2)ncn1. The van der Waals surface area contributed by atoms with Crippen molar-refractivity contribution in [3.63, 3.8) is 0 Å². The van der Waals surface area contributed by atoms with E-state index >= 15 is 0 Å². The third kappa shape index (κ3) is 4.67. The molecule has 1 aromatic carbocycles. The molecule has 2 N–H and O–H groups in total. The highest BCUT2D eigenvalue weighted by Gasteiger charge is 2.15. The lowest BCUT2D eigenvalue weighted by atomic mass is 10.3. The topological polar surface area (TPSA) is 141 Å². The third-order valence-electron chi connectivity index (χ3n) is 2.88. The molecule has 2 aromatic rings. The smallest absolute Gasteiger partial charge is 0.263 e. The van der Waals surface area contributed by atoms with Gasteiger partial charge in [0.25, 0.3) is 10.0 Å². The van der Waals surface area contributed by atoms with E-state index in [4.69, 9.17) is 15.3 Å². The summed E-state index contributed by atoms with van der Waals surface area (Å²) in [5.41, 5.74) is 0.418. The van der Waals surface area contributed by atoms with Crippen LogP contribution >= 0.6 is 0 Å². The van der Waals surface area contributed by atoms with E-state index < -0.39 is 10.0 Å². The number of hydrogen-bond donors (Lipinski definition) is 2. The summed E-state index contributed by atoms with van der Waals surface area (Å²) in [5.74, 6) is 0.300. The summed E-state index contributed by atoms with van der Waals surface area (Å²) in [4.78, 5) is 7.63. The van der Waals surface area contributed by atoms with Crippen LogP contribution in [0.15, 0.2) is 53.3 Å². The van der Waals surface area contributed by atoms with Crippen LogP contribution in [0.2, 0.25) is 0 Å². The van der Waals surface area contributed by atoms with Gasteiger partial charge in [-0.1, -0.05) is 0 Å². The van der Waals surface area contributed by atoms with Gasteiger partial charge in [-0.2, -0.15) is 10.5 Å². The van der Waals surface area contributed by atoms with E-state index in [0.29, 0.717) is 5.69 Å². The molecular formula is C15H12N6O3S. The summed E-state index contributed by atoms with van der Waals surface area (Å²) in [7, 11) is -2.43. The normalized spacial score (nSPS) is 10.0. The molecule has 0 radical (unpaired) electrons. The molecule has 0 fully saturated rings. The highest BCUT2D eigenvalue weighted by molar-refractivity contribution is 7.92. The van der Waals surface area contributed by atoms with E-state index in [1.807, 2.05) is 0 Å². The van der Waals surface area contributed by atoms with Crippen molar-refractivity contribution in [2.24, 2.45) is 0 Å². The Kier molecular flexibility index (Phi) is 5.50. The van der Waals surface area contributed by atoms with Gasteiger partial charge in [0, 0.05) is 18.0 Å². The minimum atomic E-state index is -3.84. The number of allylic oxidation sites excluding steroid dienone is 1. The lowest BCUT2D eigenvalue weighted by Crippen LogP contribution is -2.14. The maximum absolute atomic E-state index is 12.3. The Hall–Kier alpha value is -3.63. The first kappa shape index (κ1) is 17.7. The number of rotatable bonds is 6. The van der Waals surface area contributed by atoms with Gasteiger partial charge < -0.3 is 10.1 Å². The van der Waals surface area contributed by atoms with Crippen molar-refractivity contribution < 1.29 is 13.2 Å². The molecule has 0 aliphatic heterocycles. The molecule has 0 aliphatic rings. The van der Waals surface area contributed by atoms with Gasteiger partial charge in [0.1, 0.15) is 29.9 Å². The highest BCUT2D eigenvalue weighted by Crippen LogP contribution is 2.18. The van der Waals surface area contributed by atoms with Crippen LogP contribution in [0.1, 0.15) is 0 Å². The van der Waals surface area contributed by atoms with Crippen molar-refractivity contribution in [2.75, 3.05) is 17.1 Å². The van der Waals surface area contributed by atoms with E-state index in [9.17, 15) is 8.42 Å². The van der Waals surface area contributed by atoms with Gasteiger partial charge in [-0.15, -0.1) is 0 Å². The number of sulfonamides is 1. The van der Waals surface area contributed by atoms with Crippen molar-refractivity contribution in [2.45, 2.75) is 4.90 Å². The van der Waals surface area contributed by atoms with E-state index in [1.54, 1.807) is 12.1 Å². The fraction of sp³-hybridized carbons (Fsp3) is 0.0667. The second-order valence-corrected chi connectivity index (χ2v) is 6.18. The van der Waals surface area contributed by atoms with Crippen LogP contribution in [-0.4, -0.2) is 25.5 Å². The molecule has 2 rings (SSSR count). The summed E-state index contributed by atoms with van der Waals surface area (Å²) in [5, 5.41) is 20.0. The van der Waals surface area contributed by atoms with Crippen molar-refractivity contribution in [3.05, 3.63) is 48.4 Å². The summed E-state index contributed by atoms with van der Waals surface area (Å²) >= 11 is 0. The Morgan fingerprint density at radius 2 is 1.88 bits per heavy atom. The van der Waals surface area contributed by atoms with Gasteiger partial charge in [-0.05, 0) is 24.3 Å². The van der Waals surface area contributed by atoms with E-state index in [-0.39, 0.29) is 22.2 Å². The fourth-order valence-electron chi connectivity index (χ4n) is 1.68. The van der Waals surface area contributed by atoms with Crippen LogP contribution in [-0.2, 0) is 10.0 Å². The quantitative estimate of drug-likeness (QED) is 0.744. The number of nitrogens with zero attached hydrogens (tertiary/aromatic N) is 4. The molecule has 1 heterocycles.